The maximum Gasteiger partial charge on any atom is 0.193 e. The van der Waals surface area contributed by atoms with E-state index in [2.05, 4.69) is 4.98 Å². The molecule has 2 aromatic heterocycles. The number of imidazole rings is 1. The van der Waals surface area contributed by atoms with E-state index in [1.165, 1.54) is 6.07 Å². The van der Waals surface area contributed by atoms with Gasteiger partial charge in [0, 0.05) is 40.8 Å². The topological polar surface area (TPSA) is 43.3 Å². The molecule has 19 heavy (non-hydrogen) atoms. The Bertz CT molecular complexity index is 693. The highest BCUT2D eigenvalue weighted by Gasteiger charge is 2.14. The Morgan fingerprint density at radius 2 is 2.32 bits per heavy atom. The van der Waals surface area contributed by atoms with Crippen molar-refractivity contribution in [2.24, 2.45) is 5.73 Å². The molecule has 0 fully saturated rings. The van der Waals surface area contributed by atoms with Crippen molar-refractivity contribution < 1.29 is 4.39 Å². The van der Waals surface area contributed by atoms with E-state index in [0.717, 1.165) is 10.7 Å². The average Bonchev–Trinajstić information content (AvgIpc) is 2.89. The van der Waals surface area contributed by atoms with E-state index in [1.807, 2.05) is 22.2 Å². The zero-order chi connectivity index (χ0) is 13.4. The third kappa shape index (κ3) is 2.49. The third-order valence-electron chi connectivity index (χ3n) is 2.93. The van der Waals surface area contributed by atoms with Crippen LogP contribution in [0.4, 0.5) is 4.39 Å². The Hall–Kier alpha value is -1.43. The number of benzene rings is 1. The second-order valence-electron chi connectivity index (χ2n) is 4.30. The summed E-state index contributed by atoms with van der Waals surface area (Å²) >= 11 is 7.28. The summed E-state index contributed by atoms with van der Waals surface area (Å²) < 4.78 is 15.7. The molecule has 98 valence electrons. The SMILES string of the molecule is NC(Cc1cn2ccsc2n1)c1ccc(Cl)cc1F. The Labute approximate surface area is 118 Å². The van der Waals surface area contributed by atoms with E-state index in [1.54, 1.807) is 23.5 Å². The van der Waals surface area contributed by atoms with Gasteiger partial charge in [-0.3, -0.25) is 4.40 Å². The van der Waals surface area contributed by atoms with Crippen molar-refractivity contribution in [2.75, 3.05) is 0 Å². The molecule has 0 amide bonds. The van der Waals surface area contributed by atoms with Crippen LogP contribution in [0.25, 0.3) is 4.96 Å². The van der Waals surface area contributed by atoms with Crippen LogP contribution in [0.2, 0.25) is 5.02 Å². The van der Waals surface area contributed by atoms with Crippen molar-refractivity contribution in [3.63, 3.8) is 0 Å². The van der Waals surface area contributed by atoms with Gasteiger partial charge in [-0.25, -0.2) is 9.37 Å². The van der Waals surface area contributed by atoms with Crippen LogP contribution in [0, 0.1) is 5.82 Å². The van der Waals surface area contributed by atoms with Gasteiger partial charge in [-0.05, 0) is 12.1 Å². The molecule has 3 rings (SSSR count). The summed E-state index contributed by atoms with van der Waals surface area (Å²) in [4.78, 5) is 5.35. The maximum atomic E-state index is 13.8. The van der Waals surface area contributed by atoms with E-state index < -0.39 is 6.04 Å². The second kappa shape index (κ2) is 4.92. The minimum Gasteiger partial charge on any atom is -0.324 e. The van der Waals surface area contributed by atoms with E-state index in [4.69, 9.17) is 17.3 Å². The molecule has 0 aliphatic carbocycles. The van der Waals surface area contributed by atoms with Gasteiger partial charge in [0.1, 0.15) is 5.82 Å². The fourth-order valence-electron chi connectivity index (χ4n) is 2.01. The molecule has 0 saturated heterocycles. The van der Waals surface area contributed by atoms with Crippen molar-refractivity contribution in [1.82, 2.24) is 9.38 Å². The first-order valence-electron chi connectivity index (χ1n) is 5.75. The van der Waals surface area contributed by atoms with Gasteiger partial charge in [-0.15, -0.1) is 11.3 Å². The smallest absolute Gasteiger partial charge is 0.193 e. The predicted molar refractivity (Wildman–Crippen MR) is 75.1 cm³/mol. The number of hydrogen-bond acceptors (Lipinski definition) is 3. The highest BCUT2D eigenvalue weighted by molar-refractivity contribution is 7.15. The van der Waals surface area contributed by atoms with E-state index in [9.17, 15) is 4.39 Å². The molecule has 3 nitrogen and oxygen atoms in total. The van der Waals surface area contributed by atoms with Crippen molar-refractivity contribution >= 4 is 27.9 Å². The van der Waals surface area contributed by atoms with Crippen LogP contribution in [0.15, 0.2) is 36.0 Å². The largest absolute Gasteiger partial charge is 0.324 e. The molecule has 0 spiro atoms. The Morgan fingerprint density at radius 1 is 1.47 bits per heavy atom. The van der Waals surface area contributed by atoms with Gasteiger partial charge in [0.15, 0.2) is 4.96 Å². The van der Waals surface area contributed by atoms with Gasteiger partial charge in [-0.1, -0.05) is 17.7 Å². The van der Waals surface area contributed by atoms with Crippen molar-refractivity contribution in [2.45, 2.75) is 12.5 Å². The predicted octanol–water partition coefficient (Wildman–Crippen LogP) is 3.43. The van der Waals surface area contributed by atoms with Gasteiger partial charge in [0.2, 0.25) is 0 Å². The summed E-state index contributed by atoms with van der Waals surface area (Å²) in [7, 11) is 0. The molecule has 0 bridgehead atoms. The fourth-order valence-corrected chi connectivity index (χ4v) is 2.89. The summed E-state index contributed by atoms with van der Waals surface area (Å²) in [6, 6.07) is 4.12. The van der Waals surface area contributed by atoms with Gasteiger partial charge in [0.05, 0.1) is 5.69 Å². The lowest BCUT2D eigenvalue weighted by atomic mass is 10.0. The lowest BCUT2D eigenvalue weighted by Crippen LogP contribution is -2.15. The highest BCUT2D eigenvalue weighted by atomic mass is 35.5. The lowest BCUT2D eigenvalue weighted by Gasteiger charge is -2.11. The Kier molecular flexibility index (Phi) is 3.26. The molecule has 2 N–H and O–H groups in total. The van der Waals surface area contributed by atoms with Crippen molar-refractivity contribution in [1.29, 1.82) is 0 Å². The first kappa shape index (κ1) is 12.6. The number of halogens is 2. The van der Waals surface area contributed by atoms with Crippen LogP contribution < -0.4 is 5.73 Å². The monoisotopic (exact) mass is 295 g/mol. The second-order valence-corrected chi connectivity index (χ2v) is 5.61. The van der Waals surface area contributed by atoms with Gasteiger partial charge in [0.25, 0.3) is 0 Å². The number of thiazole rings is 1. The minimum absolute atomic E-state index is 0.371. The quantitative estimate of drug-likeness (QED) is 0.804. The zero-order valence-electron chi connectivity index (χ0n) is 9.88. The molecular weight excluding hydrogens is 285 g/mol. The summed E-state index contributed by atoms with van der Waals surface area (Å²) in [6.07, 6.45) is 4.34. The maximum absolute atomic E-state index is 13.8. The van der Waals surface area contributed by atoms with Crippen LogP contribution in [-0.2, 0) is 6.42 Å². The van der Waals surface area contributed by atoms with E-state index in [0.29, 0.717) is 17.0 Å². The number of rotatable bonds is 3. The van der Waals surface area contributed by atoms with Gasteiger partial charge in [-0.2, -0.15) is 0 Å². The molecule has 3 aromatic rings. The van der Waals surface area contributed by atoms with E-state index in [-0.39, 0.29) is 5.82 Å². The number of aromatic nitrogens is 2. The summed E-state index contributed by atoms with van der Waals surface area (Å²) in [5.74, 6) is -0.374. The molecular formula is C13H11ClFN3S. The van der Waals surface area contributed by atoms with Crippen molar-refractivity contribution in [3.8, 4) is 0 Å². The first-order valence-corrected chi connectivity index (χ1v) is 7.01. The molecule has 0 radical (unpaired) electrons. The summed E-state index contributed by atoms with van der Waals surface area (Å²) in [6.45, 7) is 0. The molecule has 2 heterocycles. The number of hydrogen-bond donors (Lipinski definition) is 1. The molecule has 1 aromatic carbocycles. The summed E-state index contributed by atoms with van der Waals surface area (Å²) in [5.41, 5.74) is 7.35. The van der Waals surface area contributed by atoms with Crippen molar-refractivity contribution in [3.05, 3.63) is 58.1 Å². The van der Waals surface area contributed by atoms with Crippen LogP contribution in [0.1, 0.15) is 17.3 Å². The van der Waals surface area contributed by atoms with E-state index >= 15 is 0 Å². The zero-order valence-corrected chi connectivity index (χ0v) is 11.5. The van der Waals surface area contributed by atoms with Gasteiger partial charge >= 0.3 is 0 Å². The van der Waals surface area contributed by atoms with Gasteiger partial charge < -0.3 is 5.73 Å². The number of fused-ring (bicyclic) bond motifs is 1. The first-order chi connectivity index (χ1) is 9.13. The van der Waals surface area contributed by atoms with Crippen LogP contribution in [0.5, 0.6) is 0 Å². The molecule has 0 aliphatic rings. The third-order valence-corrected chi connectivity index (χ3v) is 3.94. The fraction of sp³-hybridized carbons (Fsp3) is 0.154. The van der Waals surface area contributed by atoms with Crippen LogP contribution >= 0.6 is 22.9 Å². The number of nitrogens with two attached hydrogens (primary N) is 1. The molecule has 1 unspecified atom stereocenters. The summed E-state index contributed by atoms with van der Waals surface area (Å²) in [5, 5.41) is 2.33. The van der Waals surface area contributed by atoms with Crippen LogP contribution in [-0.4, -0.2) is 9.38 Å². The molecule has 0 saturated carbocycles. The highest BCUT2D eigenvalue weighted by Crippen LogP contribution is 2.22. The normalized spacial score (nSPS) is 13.0. The minimum atomic E-state index is -0.429. The average molecular weight is 296 g/mol. The molecule has 0 aliphatic heterocycles. The Morgan fingerprint density at radius 3 is 3.05 bits per heavy atom. The Balaban J connectivity index is 1.84. The van der Waals surface area contributed by atoms with Crippen LogP contribution in [0.3, 0.4) is 0 Å². The molecule has 6 heteroatoms. The lowest BCUT2D eigenvalue weighted by molar-refractivity contribution is 0.578. The standard InChI is InChI=1S/C13H11ClFN3S/c14-8-1-2-10(11(15)5-8)12(16)6-9-7-18-3-4-19-13(18)17-9/h1-5,7,12H,6,16H2. The number of nitrogens with zero attached hydrogens (tertiary/aromatic N) is 2. The molecule has 1 atom stereocenters.